The zero-order valence-electron chi connectivity index (χ0n) is 14.4. The van der Waals surface area contributed by atoms with E-state index in [0.29, 0.717) is 17.9 Å². The third-order valence-electron chi connectivity index (χ3n) is 4.80. The highest BCUT2D eigenvalue weighted by atomic mass is 35.5. The van der Waals surface area contributed by atoms with Crippen molar-refractivity contribution in [3.05, 3.63) is 34.9 Å². The molecule has 0 radical (unpaired) electrons. The fourth-order valence-corrected chi connectivity index (χ4v) is 3.63. The van der Waals surface area contributed by atoms with E-state index in [1.807, 2.05) is 6.07 Å². The van der Waals surface area contributed by atoms with E-state index in [4.69, 9.17) is 11.6 Å². The highest BCUT2D eigenvalue weighted by Gasteiger charge is 2.48. The Labute approximate surface area is 156 Å². The van der Waals surface area contributed by atoms with Gasteiger partial charge in [0.2, 0.25) is 5.91 Å². The summed E-state index contributed by atoms with van der Waals surface area (Å²) in [6, 6.07) is 5.75. The van der Waals surface area contributed by atoms with Crippen molar-refractivity contribution in [3.63, 3.8) is 0 Å². The number of amides is 5. The van der Waals surface area contributed by atoms with Crippen LogP contribution in [-0.4, -0.2) is 46.1 Å². The largest absolute Gasteiger partial charge is 0.348 e. The summed E-state index contributed by atoms with van der Waals surface area (Å²) in [7, 11) is 0. The van der Waals surface area contributed by atoms with Crippen LogP contribution >= 0.6 is 11.6 Å². The number of halogens is 1. The van der Waals surface area contributed by atoms with Crippen LogP contribution in [0.1, 0.15) is 44.2 Å². The molecule has 2 fully saturated rings. The number of carbonyl (C=O) groups is 4. The van der Waals surface area contributed by atoms with Crippen molar-refractivity contribution in [2.45, 2.75) is 44.7 Å². The van der Waals surface area contributed by atoms with Gasteiger partial charge < -0.3 is 5.32 Å². The van der Waals surface area contributed by atoms with Crippen LogP contribution in [0.4, 0.5) is 4.79 Å². The van der Waals surface area contributed by atoms with Gasteiger partial charge in [0.05, 0.1) is 6.04 Å². The minimum Gasteiger partial charge on any atom is -0.348 e. The van der Waals surface area contributed by atoms with Crippen molar-refractivity contribution in [2.75, 3.05) is 6.54 Å². The highest BCUT2D eigenvalue weighted by Crippen LogP contribution is 2.27. The van der Waals surface area contributed by atoms with Crippen molar-refractivity contribution in [1.29, 1.82) is 0 Å². The van der Waals surface area contributed by atoms with Gasteiger partial charge in [0.15, 0.2) is 0 Å². The molecule has 0 aromatic heterocycles. The average molecular weight is 378 g/mol. The van der Waals surface area contributed by atoms with Crippen LogP contribution in [0.5, 0.6) is 0 Å². The summed E-state index contributed by atoms with van der Waals surface area (Å²) < 4.78 is 0. The van der Waals surface area contributed by atoms with Gasteiger partial charge in [-0.15, -0.1) is 0 Å². The van der Waals surface area contributed by atoms with Gasteiger partial charge in [0, 0.05) is 11.1 Å². The van der Waals surface area contributed by atoms with Gasteiger partial charge in [-0.2, -0.15) is 0 Å². The number of nitrogens with zero attached hydrogens (tertiary/aromatic N) is 2. The van der Waals surface area contributed by atoms with Crippen LogP contribution in [0.3, 0.4) is 0 Å². The number of urea groups is 1. The van der Waals surface area contributed by atoms with Crippen molar-refractivity contribution in [1.82, 2.24) is 15.1 Å². The molecule has 5 amide bonds. The summed E-state index contributed by atoms with van der Waals surface area (Å²) in [4.78, 5) is 50.8. The molecule has 0 spiro atoms. The van der Waals surface area contributed by atoms with Gasteiger partial charge >= 0.3 is 17.8 Å². The maximum atomic E-state index is 12.5. The average Bonchev–Trinajstić information content (AvgIpc) is 3.18. The fourth-order valence-electron chi connectivity index (χ4n) is 3.44. The van der Waals surface area contributed by atoms with Gasteiger partial charge in [-0.1, -0.05) is 36.6 Å². The molecule has 1 unspecified atom stereocenters. The van der Waals surface area contributed by atoms with E-state index in [1.54, 1.807) is 25.1 Å². The third-order valence-corrected chi connectivity index (χ3v) is 5.04. The maximum absolute atomic E-state index is 12.5. The zero-order valence-corrected chi connectivity index (χ0v) is 15.2. The predicted octanol–water partition coefficient (Wildman–Crippen LogP) is 2.25. The van der Waals surface area contributed by atoms with Crippen molar-refractivity contribution in [2.24, 2.45) is 0 Å². The Morgan fingerprint density at radius 2 is 1.92 bits per heavy atom. The Morgan fingerprint density at radius 3 is 2.58 bits per heavy atom. The number of benzene rings is 1. The van der Waals surface area contributed by atoms with E-state index < -0.39 is 30.3 Å². The molecule has 0 bridgehead atoms. The van der Waals surface area contributed by atoms with E-state index in [0.717, 1.165) is 28.2 Å². The first-order valence-electron chi connectivity index (χ1n) is 8.62. The minimum absolute atomic E-state index is 0.239. The molecule has 138 valence electrons. The number of rotatable bonds is 5. The number of hydrogen-bond donors (Lipinski definition) is 1. The molecule has 1 aromatic rings. The molecule has 1 aliphatic heterocycles. The van der Waals surface area contributed by atoms with Crippen LogP contribution < -0.4 is 5.32 Å². The van der Waals surface area contributed by atoms with Crippen molar-refractivity contribution in [3.8, 4) is 0 Å². The summed E-state index contributed by atoms with van der Waals surface area (Å²) in [6.45, 7) is 1.30. The highest BCUT2D eigenvalue weighted by molar-refractivity contribution is 6.45. The molecule has 1 saturated carbocycles. The molecule has 1 N–H and O–H groups in total. The second-order valence-electron chi connectivity index (χ2n) is 6.63. The second-order valence-corrected chi connectivity index (χ2v) is 7.07. The number of carbonyl (C=O) groups excluding carboxylic acids is 4. The van der Waals surface area contributed by atoms with Crippen molar-refractivity contribution < 1.29 is 19.2 Å². The van der Waals surface area contributed by atoms with Gasteiger partial charge in [-0.3, -0.25) is 19.3 Å². The van der Waals surface area contributed by atoms with Gasteiger partial charge in [-0.25, -0.2) is 9.69 Å². The SMILES string of the molecule is CC(NC(=O)CN1C(=O)C(=O)N(C2CCCC2)C1=O)c1cccc(Cl)c1. The smallest absolute Gasteiger partial charge is 0.334 e. The Balaban J connectivity index is 1.64. The second kappa shape index (κ2) is 7.45. The quantitative estimate of drug-likeness (QED) is 0.629. The van der Waals surface area contributed by atoms with Crippen LogP contribution in [0.25, 0.3) is 0 Å². The molecule has 1 heterocycles. The Morgan fingerprint density at radius 1 is 1.23 bits per heavy atom. The van der Waals surface area contributed by atoms with Crippen LogP contribution in [-0.2, 0) is 14.4 Å². The first-order valence-corrected chi connectivity index (χ1v) is 9.00. The molecule has 7 nitrogen and oxygen atoms in total. The van der Waals surface area contributed by atoms with E-state index in [-0.39, 0.29) is 12.1 Å². The lowest BCUT2D eigenvalue weighted by Gasteiger charge is -2.21. The van der Waals surface area contributed by atoms with E-state index in [2.05, 4.69) is 5.32 Å². The Kier molecular flexibility index (Phi) is 5.27. The number of hydrogen-bond acceptors (Lipinski definition) is 4. The Bertz CT molecular complexity index is 761. The maximum Gasteiger partial charge on any atom is 0.334 e. The third kappa shape index (κ3) is 3.58. The minimum atomic E-state index is -0.938. The standard InChI is InChI=1S/C18H20ClN3O4/c1-11(12-5-4-6-13(19)9-12)20-15(23)10-21-16(24)17(25)22(18(21)26)14-7-2-3-8-14/h4-6,9,11,14H,2-3,7-8,10H2,1H3,(H,20,23). The fraction of sp³-hybridized carbons (Fsp3) is 0.444. The molecule has 1 aromatic carbocycles. The van der Waals surface area contributed by atoms with E-state index in [9.17, 15) is 19.2 Å². The van der Waals surface area contributed by atoms with Crippen LogP contribution in [0, 0.1) is 0 Å². The summed E-state index contributed by atoms with van der Waals surface area (Å²) in [5.41, 5.74) is 0.800. The summed E-state index contributed by atoms with van der Waals surface area (Å²) >= 11 is 5.94. The molecule has 8 heteroatoms. The van der Waals surface area contributed by atoms with Crippen molar-refractivity contribution >= 4 is 35.4 Å². The lowest BCUT2D eigenvalue weighted by atomic mass is 10.1. The Hall–Kier alpha value is -2.41. The molecule has 2 aliphatic rings. The molecular weight excluding hydrogens is 358 g/mol. The summed E-state index contributed by atoms with van der Waals surface area (Å²) in [6.07, 6.45) is 3.26. The van der Waals surface area contributed by atoms with Gasteiger partial charge in [0.1, 0.15) is 6.54 Å². The first kappa shape index (κ1) is 18.4. The van der Waals surface area contributed by atoms with Gasteiger partial charge in [-0.05, 0) is 37.5 Å². The lowest BCUT2D eigenvalue weighted by molar-refractivity contribution is -0.144. The van der Waals surface area contributed by atoms with Gasteiger partial charge in [0.25, 0.3) is 0 Å². The summed E-state index contributed by atoms with van der Waals surface area (Å²) in [5.74, 6) is -2.29. The monoisotopic (exact) mass is 377 g/mol. The lowest BCUT2D eigenvalue weighted by Crippen LogP contribution is -2.43. The first-order chi connectivity index (χ1) is 12.4. The molecule has 3 rings (SSSR count). The zero-order chi connectivity index (χ0) is 18.8. The number of imide groups is 2. The summed E-state index contributed by atoms with van der Waals surface area (Å²) in [5, 5.41) is 3.26. The molecule has 1 atom stereocenters. The van der Waals surface area contributed by atoms with E-state index in [1.165, 1.54) is 0 Å². The molecule has 1 aliphatic carbocycles. The topological polar surface area (TPSA) is 86.8 Å². The predicted molar refractivity (Wildman–Crippen MR) is 94.2 cm³/mol. The van der Waals surface area contributed by atoms with E-state index >= 15 is 0 Å². The molecule has 26 heavy (non-hydrogen) atoms. The normalized spacial score (nSPS) is 19.4. The molecule has 1 saturated heterocycles. The van der Waals surface area contributed by atoms with Crippen LogP contribution in [0.2, 0.25) is 5.02 Å². The molecular formula is C18H20ClN3O4. The van der Waals surface area contributed by atoms with Crippen LogP contribution in [0.15, 0.2) is 24.3 Å². The number of nitrogens with one attached hydrogen (secondary N) is 1.